The minimum Gasteiger partial charge on any atom is -0.381 e. The van der Waals surface area contributed by atoms with Crippen molar-refractivity contribution in [3.05, 3.63) is 48.2 Å². The molecule has 0 amide bonds. The normalized spacial score (nSPS) is 15.6. The number of fused-ring (bicyclic) bond motifs is 3. The summed E-state index contributed by atoms with van der Waals surface area (Å²) in [5.74, 6) is 0.967. The fraction of sp³-hybridized carbons (Fsp3) is 0.400. The summed E-state index contributed by atoms with van der Waals surface area (Å²) in [4.78, 5) is 9.52. The van der Waals surface area contributed by atoms with Crippen molar-refractivity contribution in [2.75, 3.05) is 20.3 Å². The number of benzene rings is 1. The molecule has 28 heavy (non-hydrogen) atoms. The zero-order valence-electron chi connectivity index (χ0n) is 15.8. The molecule has 0 bridgehead atoms. The molecule has 4 aromatic rings. The molecule has 0 radical (unpaired) electrons. The van der Waals surface area contributed by atoms with Gasteiger partial charge >= 0.3 is 0 Å². The fourth-order valence-electron chi connectivity index (χ4n) is 4.00. The van der Waals surface area contributed by atoms with E-state index >= 15 is 0 Å². The van der Waals surface area contributed by atoms with Gasteiger partial charge in [-0.15, -0.1) is 5.10 Å². The molecule has 8 nitrogen and oxygen atoms in total. The Labute approximate surface area is 162 Å². The predicted molar refractivity (Wildman–Crippen MR) is 104 cm³/mol. The quantitative estimate of drug-likeness (QED) is 0.531. The summed E-state index contributed by atoms with van der Waals surface area (Å²) in [5, 5.41) is 9.54. The molecule has 1 aromatic carbocycles. The van der Waals surface area contributed by atoms with Gasteiger partial charge in [-0.2, -0.15) is 0 Å². The van der Waals surface area contributed by atoms with Crippen molar-refractivity contribution in [2.45, 2.75) is 32.0 Å². The first-order chi connectivity index (χ1) is 13.8. The Kier molecular flexibility index (Phi) is 4.50. The van der Waals surface area contributed by atoms with Crippen molar-refractivity contribution in [1.29, 1.82) is 0 Å². The van der Waals surface area contributed by atoms with Crippen LogP contribution in [-0.2, 0) is 22.6 Å². The van der Waals surface area contributed by atoms with Crippen molar-refractivity contribution >= 4 is 21.9 Å². The molecular formula is C20H22N6O2. The monoisotopic (exact) mass is 378 g/mol. The van der Waals surface area contributed by atoms with Crippen molar-refractivity contribution < 1.29 is 9.47 Å². The third-order valence-electron chi connectivity index (χ3n) is 5.23. The first-order valence-corrected chi connectivity index (χ1v) is 9.54. The number of hydrogen-bond donors (Lipinski definition) is 0. The number of aromatic nitrogens is 6. The SMILES string of the molecule is COCc1cn(Cc2nc3cnc4ccccc4c3n2C2CCOCC2)nn1. The van der Waals surface area contributed by atoms with Crippen LogP contribution in [0.5, 0.6) is 0 Å². The summed E-state index contributed by atoms with van der Waals surface area (Å²) in [6.07, 6.45) is 5.73. The summed E-state index contributed by atoms with van der Waals surface area (Å²) in [6.45, 7) is 2.55. The van der Waals surface area contributed by atoms with Crippen LogP contribution < -0.4 is 0 Å². The van der Waals surface area contributed by atoms with Crippen LogP contribution in [0, 0.1) is 0 Å². The summed E-state index contributed by atoms with van der Waals surface area (Å²) < 4.78 is 14.9. The van der Waals surface area contributed by atoms with Crippen LogP contribution in [0.2, 0.25) is 0 Å². The lowest BCUT2D eigenvalue weighted by molar-refractivity contribution is 0.0698. The summed E-state index contributed by atoms with van der Waals surface area (Å²) in [5.41, 5.74) is 3.85. The van der Waals surface area contributed by atoms with E-state index in [9.17, 15) is 0 Å². The summed E-state index contributed by atoms with van der Waals surface area (Å²) in [7, 11) is 1.65. The van der Waals surface area contributed by atoms with Crippen LogP contribution in [0.4, 0.5) is 0 Å². The molecule has 1 aliphatic rings. The van der Waals surface area contributed by atoms with Gasteiger partial charge in [-0.3, -0.25) is 4.98 Å². The second-order valence-corrected chi connectivity index (χ2v) is 7.09. The van der Waals surface area contributed by atoms with Gasteiger partial charge in [-0.1, -0.05) is 23.4 Å². The second-order valence-electron chi connectivity index (χ2n) is 7.09. The summed E-state index contributed by atoms with van der Waals surface area (Å²) in [6, 6.07) is 8.59. The third kappa shape index (κ3) is 3.04. The molecule has 0 N–H and O–H groups in total. The maximum Gasteiger partial charge on any atom is 0.132 e. The molecular weight excluding hydrogens is 356 g/mol. The van der Waals surface area contributed by atoms with E-state index in [2.05, 4.69) is 32.0 Å². The van der Waals surface area contributed by atoms with E-state index in [1.807, 2.05) is 29.2 Å². The maximum absolute atomic E-state index is 5.60. The number of para-hydroxylation sites is 1. The number of ether oxygens (including phenoxy) is 2. The first-order valence-electron chi connectivity index (χ1n) is 9.54. The van der Waals surface area contributed by atoms with E-state index in [0.717, 1.165) is 59.5 Å². The molecule has 1 fully saturated rings. The van der Waals surface area contributed by atoms with Crippen LogP contribution >= 0.6 is 0 Å². The van der Waals surface area contributed by atoms with E-state index in [4.69, 9.17) is 14.5 Å². The Morgan fingerprint density at radius 3 is 2.89 bits per heavy atom. The van der Waals surface area contributed by atoms with E-state index in [1.165, 1.54) is 0 Å². The van der Waals surface area contributed by atoms with Gasteiger partial charge in [0.2, 0.25) is 0 Å². The molecule has 3 aromatic heterocycles. The average molecular weight is 378 g/mol. The molecule has 1 saturated heterocycles. The number of methoxy groups -OCH3 is 1. The molecule has 0 spiro atoms. The molecule has 0 aliphatic carbocycles. The molecule has 4 heterocycles. The standard InChI is InChI=1S/C20H22N6O2/c1-27-13-14-11-25(24-23-14)12-19-22-18-10-21-17-5-3-2-4-16(17)20(18)26(19)15-6-8-28-9-7-15/h2-5,10-11,15H,6-9,12-13H2,1H3. The van der Waals surface area contributed by atoms with Crippen molar-refractivity contribution in [2.24, 2.45) is 0 Å². The van der Waals surface area contributed by atoms with Gasteiger partial charge in [0, 0.05) is 31.8 Å². The van der Waals surface area contributed by atoms with E-state index in [1.54, 1.807) is 7.11 Å². The van der Waals surface area contributed by atoms with E-state index in [-0.39, 0.29) is 0 Å². The Bertz CT molecular complexity index is 1110. The average Bonchev–Trinajstić information content (AvgIpc) is 3.33. The van der Waals surface area contributed by atoms with Gasteiger partial charge in [0.1, 0.15) is 23.6 Å². The van der Waals surface area contributed by atoms with Gasteiger partial charge in [0.25, 0.3) is 0 Å². The Balaban J connectivity index is 1.65. The Morgan fingerprint density at radius 2 is 2.04 bits per heavy atom. The molecule has 5 rings (SSSR count). The topological polar surface area (TPSA) is 79.9 Å². The number of pyridine rings is 1. The van der Waals surface area contributed by atoms with E-state index < -0.39 is 0 Å². The molecule has 0 saturated carbocycles. The molecule has 1 aliphatic heterocycles. The van der Waals surface area contributed by atoms with Gasteiger partial charge in [-0.05, 0) is 18.9 Å². The van der Waals surface area contributed by atoms with Crippen LogP contribution in [0.3, 0.4) is 0 Å². The van der Waals surface area contributed by atoms with Gasteiger partial charge in [-0.25, -0.2) is 9.67 Å². The van der Waals surface area contributed by atoms with Crippen molar-refractivity contribution in [1.82, 2.24) is 29.5 Å². The molecule has 144 valence electrons. The van der Waals surface area contributed by atoms with Crippen LogP contribution in [-0.4, -0.2) is 49.9 Å². The lowest BCUT2D eigenvalue weighted by Crippen LogP contribution is -2.22. The van der Waals surface area contributed by atoms with Crippen LogP contribution in [0.25, 0.3) is 21.9 Å². The highest BCUT2D eigenvalue weighted by Crippen LogP contribution is 2.32. The van der Waals surface area contributed by atoms with Crippen molar-refractivity contribution in [3.8, 4) is 0 Å². The first kappa shape index (κ1) is 17.3. The molecule has 0 unspecified atom stereocenters. The van der Waals surface area contributed by atoms with Gasteiger partial charge in [0.15, 0.2) is 0 Å². The third-order valence-corrected chi connectivity index (χ3v) is 5.23. The molecule has 0 atom stereocenters. The Hall–Kier alpha value is -2.84. The van der Waals surface area contributed by atoms with Crippen molar-refractivity contribution in [3.63, 3.8) is 0 Å². The van der Waals surface area contributed by atoms with E-state index in [0.29, 0.717) is 19.2 Å². The van der Waals surface area contributed by atoms with Crippen LogP contribution in [0.1, 0.15) is 30.4 Å². The summed E-state index contributed by atoms with van der Waals surface area (Å²) >= 11 is 0. The minimum absolute atomic E-state index is 0.349. The number of nitrogens with zero attached hydrogens (tertiary/aromatic N) is 6. The van der Waals surface area contributed by atoms with Gasteiger partial charge in [0.05, 0.1) is 30.0 Å². The number of imidazole rings is 1. The second kappa shape index (κ2) is 7.29. The lowest BCUT2D eigenvalue weighted by atomic mass is 10.1. The maximum atomic E-state index is 5.60. The van der Waals surface area contributed by atoms with Crippen LogP contribution in [0.15, 0.2) is 36.7 Å². The Morgan fingerprint density at radius 1 is 1.18 bits per heavy atom. The highest BCUT2D eigenvalue weighted by Gasteiger charge is 2.23. The number of rotatable bonds is 5. The highest BCUT2D eigenvalue weighted by molar-refractivity contribution is 6.02. The smallest absolute Gasteiger partial charge is 0.132 e. The van der Waals surface area contributed by atoms with Gasteiger partial charge < -0.3 is 14.0 Å². The lowest BCUT2D eigenvalue weighted by Gasteiger charge is -2.26. The molecule has 8 heteroatoms. The fourth-order valence-corrected chi connectivity index (χ4v) is 4.00. The largest absolute Gasteiger partial charge is 0.381 e. The minimum atomic E-state index is 0.349. The predicted octanol–water partition coefficient (Wildman–Crippen LogP) is 2.72. The highest BCUT2D eigenvalue weighted by atomic mass is 16.5. The zero-order chi connectivity index (χ0) is 18.9. The zero-order valence-corrected chi connectivity index (χ0v) is 15.8. The number of hydrogen-bond acceptors (Lipinski definition) is 6.